The van der Waals surface area contributed by atoms with Crippen LogP contribution >= 0.6 is 27.5 Å². The zero-order chi connectivity index (χ0) is 11.5. The number of nitrogens with zero attached hydrogens (tertiary/aromatic N) is 1. The standard InChI is InChI=1S/C13H7BrClN/c14-13-10(8-16)2-1-3-12(13)9-4-6-11(15)7-5-9/h1-7H. The van der Waals surface area contributed by atoms with Crippen molar-refractivity contribution in [2.75, 3.05) is 0 Å². The average Bonchev–Trinajstić information content (AvgIpc) is 2.31. The second-order valence-electron chi connectivity index (χ2n) is 3.29. The summed E-state index contributed by atoms with van der Waals surface area (Å²) < 4.78 is 0.819. The summed E-state index contributed by atoms with van der Waals surface area (Å²) in [6.45, 7) is 0. The Morgan fingerprint density at radius 3 is 2.38 bits per heavy atom. The molecule has 0 amide bonds. The van der Waals surface area contributed by atoms with Crippen LogP contribution in [-0.2, 0) is 0 Å². The molecule has 0 saturated heterocycles. The van der Waals surface area contributed by atoms with Crippen LogP contribution < -0.4 is 0 Å². The number of benzene rings is 2. The van der Waals surface area contributed by atoms with Gasteiger partial charge in [0.1, 0.15) is 6.07 Å². The van der Waals surface area contributed by atoms with E-state index in [0.717, 1.165) is 15.6 Å². The van der Waals surface area contributed by atoms with Crippen molar-refractivity contribution in [3.63, 3.8) is 0 Å². The first-order valence-corrected chi connectivity index (χ1v) is 5.84. The minimum Gasteiger partial charge on any atom is -0.192 e. The largest absolute Gasteiger partial charge is 0.192 e. The van der Waals surface area contributed by atoms with Crippen molar-refractivity contribution in [2.45, 2.75) is 0 Å². The zero-order valence-corrected chi connectivity index (χ0v) is 10.6. The minimum atomic E-state index is 0.632. The monoisotopic (exact) mass is 291 g/mol. The maximum absolute atomic E-state index is 8.93. The Hall–Kier alpha value is -1.30. The van der Waals surface area contributed by atoms with Crippen LogP contribution in [0.5, 0.6) is 0 Å². The van der Waals surface area contributed by atoms with Gasteiger partial charge in [-0.15, -0.1) is 0 Å². The molecular formula is C13H7BrClN. The SMILES string of the molecule is N#Cc1cccc(-c2ccc(Cl)cc2)c1Br. The van der Waals surface area contributed by atoms with Crippen LogP contribution in [-0.4, -0.2) is 0 Å². The van der Waals surface area contributed by atoms with E-state index in [4.69, 9.17) is 16.9 Å². The highest BCUT2D eigenvalue weighted by Gasteiger charge is 2.06. The second kappa shape index (κ2) is 4.69. The van der Waals surface area contributed by atoms with Gasteiger partial charge in [-0.05, 0) is 45.3 Å². The van der Waals surface area contributed by atoms with Gasteiger partial charge < -0.3 is 0 Å². The second-order valence-corrected chi connectivity index (χ2v) is 4.52. The van der Waals surface area contributed by atoms with Gasteiger partial charge in [-0.1, -0.05) is 35.9 Å². The quantitative estimate of drug-likeness (QED) is 0.751. The highest BCUT2D eigenvalue weighted by Crippen LogP contribution is 2.31. The van der Waals surface area contributed by atoms with Crippen molar-refractivity contribution in [1.82, 2.24) is 0 Å². The molecule has 2 aromatic rings. The zero-order valence-electron chi connectivity index (χ0n) is 8.24. The van der Waals surface area contributed by atoms with Crippen molar-refractivity contribution < 1.29 is 0 Å². The number of hydrogen-bond acceptors (Lipinski definition) is 1. The summed E-state index contributed by atoms with van der Waals surface area (Å²) in [6, 6.07) is 15.3. The van der Waals surface area contributed by atoms with Gasteiger partial charge in [0.2, 0.25) is 0 Å². The first-order chi connectivity index (χ1) is 7.72. The van der Waals surface area contributed by atoms with Crippen LogP contribution in [0.4, 0.5) is 0 Å². The Morgan fingerprint density at radius 2 is 1.75 bits per heavy atom. The lowest BCUT2D eigenvalue weighted by Gasteiger charge is -2.05. The number of nitriles is 1. The van der Waals surface area contributed by atoms with E-state index in [1.165, 1.54) is 0 Å². The van der Waals surface area contributed by atoms with Crippen LogP contribution in [0.25, 0.3) is 11.1 Å². The lowest BCUT2D eigenvalue weighted by Crippen LogP contribution is -1.83. The molecule has 0 aliphatic heterocycles. The molecule has 0 fully saturated rings. The summed E-state index contributed by atoms with van der Waals surface area (Å²) in [7, 11) is 0. The summed E-state index contributed by atoms with van der Waals surface area (Å²) in [5, 5.41) is 9.64. The normalized spacial score (nSPS) is 9.81. The van der Waals surface area contributed by atoms with E-state index in [1.807, 2.05) is 36.4 Å². The van der Waals surface area contributed by atoms with Gasteiger partial charge in [0.05, 0.1) is 5.56 Å². The fourth-order valence-electron chi connectivity index (χ4n) is 1.47. The van der Waals surface area contributed by atoms with Crippen LogP contribution in [0, 0.1) is 11.3 Å². The van der Waals surface area contributed by atoms with Gasteiger partial charge in [-0.25, -0.2) is 0 Å². The molecule has 16 heavy (non-hydrogen) atoms. The van der Waals surface area contributed by atoms with E-state index < -0.39 is 0 Å². The molecule has 78 valence electrons. The third-order valence-electron chi connectivity index (χ3n) is 2.27. The van der Waals surface area contributed by atoms with Crippen LogP contribution in [0.3, 0.4) is 0 Å². The summed E-state index contributed by atoms with van der Waals surface area (Å²) in [5.74, 6) is 0. The van der Waals surface area contributed by atoms with E-state index in [1.54, 1.807) is 6.07 Å². The van der Waals surface area contributed by atoms with E-state index in [2.05, 4.69) is 22.0 Å². The molecule has 3 heteroatoms. The van der Waals surface area contributed by atoms with Crippen molar-refractivity contribution in [3.05, 3.63) is 57.5 Å². The van der Waals surface area contributed by atoms with E-state index in [0.29, 0.717) is 10.6 Å². The fraction of sp³-hybridized carbons (Fsp3) is 0. The Bertz CT molecular complexity index is 555. The number of rotatable bonds is 1. The first kappa shape index (κ1) is 11.2. The molecule has 0 aliphatic rings. The van der Waals surface area contributed by atoms with Gasteiger partial charge >= 0.3 is 0 Å². The molecule has 0 atom stereocenters. The summed E-state index contributed by atoms with van der Waals surface area (Å²) in [5.41, 5.74) is 2.66. The van der Waals surface area contributed by atoms with E-state index >= 15 is 0 Å². The van der Waals surface area contributed by atoms with Gasteiger partial charge in [0, 0.05) is 9.50 Å². The van der Waals surface area contributed by atoms with Gasteiger partial charge in [-0.3, -0.25) is 0 Å². The summed E-state index contributed by atoms with van der Waals surface area (Å²) >= 11 is 9.27. The maximum atomic E-state index is 8.93. The number of hydrogen-bond donors (Lipinski definition) is 0. The van der Waals surface area contributed by atoms with Crippen LogP contribution in [0.2, 0.25) is 5.02 Å². The third-order valence-corrected chi connectivity index (χ3v) is 3.38. The van der Waals surface area contributed by atoms with Crippen LogP contribution in [0.1, 0.15) is 5.56 Å². The molecule has 0 aliphatic carbocycles. The Morgan fingerprint density at radius 1 is 1.06 bits per heavy atom. The van der Waals surface area contributed by atoms with Crippen molar-refractivity contribution in [2.24, 2.45) is 0 Å². The minimum absolute atomic E-state index is 0.632. The molecule has 2 aromatic carbocycles. The maximum Gasteiger partial charge on any atom is 0.100 e. The van der Waals surface area contributed by atoms with Gasteiger partial charge in [0.25, 0.3) is 0 Å². The Labute approximate surface area is 107 Å². The molecule has 0 N–H and O–H groups in total. The summed E-state index contributed by atoms with van der Waals surface area (Å²) in [4.78, 5) is 0. The molecule has 0 heterocycles. The fourth-order valence-corrected chi connectivity index (χ4v) is 2.18. The molecule has 0 spiro atoms. The smallest absolute Gasteiger partial charge is 0.100 e. The first-order valence-electron chi connectivity index (χ1n) is 4.67. The molecular weight excluding hydrogens is 286 g/mol. The van der Waals surface area contributed by atoms with E-state index in [-0.39, 0.29) is 0 Å². The highest BCUT2D eigenvalue weighted by molar-refractivity contribution is 9.10. The van der Waals surface area contributed by atoms with Crippen molar-refractivity contribution in [3.8, 4) is 17.2 Å². The topological polar surface area (TPSA) is 23.8 Å². The summed E-state index contributed by atoms with van der Waals surface area (Å²) in [6.07, 6.45) is 0. The van der Waals surface area contributed by atoms with Gasteiger partial charge in [-0.2, -0.15) is 5.26 Å². The highest BCUT2D eigenvalue weighted by atomic mass is 79.9. The molecule has 0 saturated carbocycles. The predicted octanol–water partition coefficient (Wildman–Crippen LogP) is 4.64. The molecule has 0 bridgehead atoms. The van der Waals surface area contributed by atoms with Crippen LogP contribution in [0.15, 0.2) is 46.9 Å². The van der Waals surface area contributed by atoms with Gasteiger partial charge in [0.15, 0.2) is 0 Å². The molecule has 0 aromatic heterocycles. The lowest BCUT2D eigenvalue weighted by atomic mass is 10.0. The average molecular weight is 293 g/mol. The Balaban J connectivity index is 2.57. The molecule has 1 nitrogen and oxygen atoms in total. The predicted molar refractivity (Wildman–Crippen MR) is 69.3 cm³/mol. The van der Waals surface area contributed by atoms with Crippen molar-refractivity contribution in [1.29, 1.82) is 5.26 Å². The number of halogens is 2. The third kappa shape index (κ3) is 2.11. The molecule has 0 radical (unpaired) electrons. The molecule has 0 unspecified atom stereocenters. The Kier molecular flexibility index (Phi) is 3.28. The lowest BCUT2D eigenvalue weighted by molar-refractivity contribution is 1.46. The van der Waals surface area contributed by atoms with E-state index in [9.17, 15) is 0 Å². The van der Waals surface area contributed by atoms with Crippen molar-refractivity contribution >= 4 is 27.5 Å². The molecule has 2 rings (SSSR count).